The fraction of sp³-hybridized carbons (Fsp3) is 0.538. The molecule has 0 unspecified atom stereocenters. The van der Waals surface area contributed by atoms with Crippen LogP contribution in [0.3, 0.4) is 0 Å². The van der Waals surface area contributed by atoms with Crippen molar-refractivity contribution in [2.24, 2.45) is 0 Å². The molecule has 0 aliphatic heterocycles. The van der Waals surface area contributed by atoms with Crippen LogP contribution in [0.2, 0.25) is 0 Å². The van der Waals surface area contributed by atoms with Crippen LogP contribution in [0.1, 0.15) is 20.3 Å². The predicted octanol–water partition coefficient (Wildman–Crippen LogP) is 1.40. The SMILES string of the molecule is CCN(CC)CCCNS(=O)(=O)c1cccc(O)c1. The van der Waals surface area contributed by atoms with Crippen LogP contribution >= 0.6 is 0 Å². The molecule has 0 heterocycles. The molecule has 0 aromatic heterocycles. The molecule has 0 aliphatic rings. The molecule has 0 saturated carbocycles. The molecule has 6 heteroatoms. The maximum Gasteiger partial charge on any atom is 0.240 e. The van der Waals surface area contributed by atoms with Crippen LogP contribution in [0.25, 0.3) is 0 Å². The van der Waals surface area contributed by atoms with Gasteiger partial charge in [-0.2, -0.15) is 0 Å². The van der Waals surface area contributed by atoms with Crippen molar-refractivity contribution in [3.8, 4) is 5.75 Å². The van der Waals surface area contributed by atoms with E-state index in [2.05, 4.69) is 23.5 Å². The number of hydrogen-bond acceptors (Lipinski definition) is 4. The van der Waals surface area contributed by atoms with Gasteiger partial charge in [-0.3, -0.25) is 0 Å². The van der Waals surface area contributed by atoms with Crippen molar-refractivity contribution in [1.82, 2.24) is 9.62 Å². The van der Waals surface area contributed by atoms with Crippen LogP contribution in [0.4, 0.5) is 0 Å². The zero-order chi connectivity index (χ0) is 14.3. The summed E-state index contributed by atoms with van der Waals surface area (Å²) < 4.78 is 26.4. The molecule has 0 saturated heterocycles. The minimum absolute atomic E-state index is 0.0500. The number of nitrogens with zero attached hydrogens (tertiary/aromatic N) is 1. The van der Waals surface area contributed by atoms with Crippen LogP contribution in [-0.4, -0.2) is 44.6 Å². The molecular weight excluding hydrogens is 264 g/mol. The third kappa shape index (κ3) is 5.18. The van der Waals surface area contributed by atoms with Crippen molar-refractivity contribution in [1.29, 1.82) is 0 Å². The Morgan fingerprint density at radius 1 is 1.26 bits per heavy atom. The van der Waals surface area contributed by atoms with E-state index in [0.717, 1.165) is 26.1 Å². The molecule has 0 spiro atoms. The average molecular weight is 286 g/mol. The van der Waals surface area contributed by atoms with Crippen LogP contribution in [0, 0.1) is 0 Å². The minimum Gasteiger partial charge on any atom is -0.508 e. The summed E-state index contributed by atoms with van der Waals surface area (Å²) in [5, 5.41) is 9.29. The first-order valence-electron chi connectivity index (χ1n) is 6.50. The molecular formula is C13H22N2O3S. The highest BCUT2D eigenvalue weighted by Crippen LogP contribution is 2.15. The molecule has 1 rings (SSSR count). The molecule has 1 aromatic rings. The van der Waals surface area contributed by atoms with Crippen molar-refractivity contribution < 1.29 is 13.5 Å². The molecule has 0 radical (unpaired) electrons. The quantitative estimate of drug-likeness (QED) is 0.709. The van der Waals surface area contributed by atoms with Gasteiger partial charge in [-0.05, 0) is 44.3 Å². The van der Waals surface area contributed by atoms with Gasteiger partial charge in [0.15, 0.2) is 0 Å². The Morgan fingerprint density at radius 2 is 1.95 bits per heavy atom. The summed E-state index contributed by atoms with van der Waals surface area (Å²) in [6.07, 6.45) is 0.764. The molecule has 0 fully saturated rings. The average Bonchev–Trinajstić information content (AvgIpc) is 2.39. The lowest BCUT2D eigenvalue weighted by Crippen LogP contribution is -2.29. The van der Waals surface area contributed by atoms with Crippen molar-refractivity contribution in [3.63, 3.8) is 0 Å². The number of aromatic hydroxyl groups is 1. The van der Waals surface area contributed by atoms with E-state index in [4.69, 9.17) is 0 Å². The van der Waals surface area contributed by atoms with Gasteiger partial charge in [0.2, 0.25) is 10.0 Å². The van der Waals surface area contributed by atoms with Crippen LogP contribution in [0.5, 0.6) is 5.75 Å². The van der Waals surface area contributed by atoms with Crippen molar-refractivity contribution >= 4 is 10.0 Å². The van der Waals surface area contributed by atoms with Crippen LogP contribution in [-0.2, 0) is 10.0 Å². The number of benzene rings is 1. The van der Waals surface area contributed by atoms with Crippen LogP contribution < -0.4 is 4.72 Å². The van der Waals surface area contributed by atoms with Gasteiger partial charge in [0, 0.05) is 6.54 Å². The Kier molecular flexibility index (Phi) is 6.27. The van der Waals surface area contributed by atoms with Gasteiger partial charge in [-0.15, -0.1) is 0 Å². The minimum atomic E-state index is -3.52. The summed E-state index contributed by atoms with van der Waals surface area (Å²) in [7, 11) is -3.52. The standard InChI is InChI=1S/C13H22N2O3S/c1-3-15(4-2)10-6-9-14-19(17,18)13-8-5-7-12(16)11-13/h5,7-8,11,14,16H,3-4,6,9-10H2,1-2H3. The van der Waals surface area contributed by atoms with Gasteiger partial charge in [0.05, 0.1) is 4.90 Å². The molecule has 0 aliphatic carbocycles. The lowest BCUT2D eigenvalue weighted by molar-refractivity contribution is 0.300. The molecule has 1 aromatic carbocycles. The van der Waals surface area contributed by atoms with Gasteiger partial charge in [0.1, 0.15) is 5.75 Å². The summed E-state index contributed by atoms with van der Waals surface area (Å²) in [5.74, 6) is -0.0500. The highest BCUT2D eigenvalue weighted by Gasteiger charge is 2.13. The second-order valence-electron chi connectivity index (χ2n) is 4.28. The van der Waals surface area contributed by atoms with E-state index in [-0.39, 0.29) is 10.6 Å². The summed E-state index contributed by atoms with van der Waals surface area (Å²) in [6, 6.07) is 5.67. The normalized spacial score (nSPS) is 11.9. The zero-order valence-electron chi connectivity index (χ0n) is 11.5. The van der Waals surface area contributed by atoms with Gasteiger partial charge in [-0.25, -0.2) is 13.1 Å². The first-order chi connectivity index (χ1) is 8.99. The van der Waals surface area contributed by atoms with Gasteiger partial charge in [0.25, 0.3) is 0 Å². The van der Waals surface area contributed by atoms with E-state index in [0.29, 0.717) is 6.54 Å². The number of hydrogen-bond donors (Lipinski definition) is 2. The van der Waals surface area contributed by atoms with Crippen molar-refractivity contribution in [2.45, 2.75) is 25.2 Å². The molecule has 0 amide bonds. The van der Waals surface area contributed by atoms with E-state index in [1.165, 1.54) is 24.3 Å². The summed E-state index contributed by atoms with van der Waals surface area (Å²) in [4.78, 5) is 2.33. The van der Waals surface area contributed by atoms with Gasteiger partial charge >= 0.3 is 0 Å². The molecule has 19 heavy (non-hydrogen) atoms. The maximum absolute atomic E-state index is 11.9. The first kappa shape index (κ1) is 15.9. The molecule has 0 bridgehead atoms. The Labute approximate surface area is 115 Å². The fourth-order valence-corrected chi connectivity index (χ4v) is 2.90. The smallest absolute Gasteiger partial charge is 0.240 e. The van der Waals surface area contributed by atoms with E-state index >= 15 is 0 Å². The highest BCUT2D eigenvalue weighted by molar-refractivity contribution is 7.89. The second-order valence-corrected chi connectivity index (χ2v) is 6.04. The van der Waals surface area contributed by atoms with E-state index in [1.807, 2.05) is 0 Å². The Balaban J connectivity index is 2.48. The van der Waals surface area contributed by atoms with E-state index < -0.39 is 10.0 Å². The lowest BCUT2D eigenvalue weighted by Gasteiger charge is -2.17. The maximum atomic E-state index is 11.9. The number of sulfonamides is 1. The number of rotatable bonds is 8. The third-order valence-corrected chi connectivity index (χ3v) is 4.42. The van der Waals surface area contributed by atoms with Crippen LogP contribution in [0.15, 0.2) is 29.2 Å². The Hall–Kier alpha value is -1.11. The molecule has 108 valence electrons. The Morgan fingerprint density at radius 3 is 2.53 bits per heavy atom. The summed E-state index contributed by atoms with van der Waals surface area (Å²) in [6.45, 7) is 7.37. The van der Waals surface area contributed by atoms with Gasteiger partial charge < -0.3 is 10.0 Å². The lowest BCUT2D eigenvalue weighted by atomic mass is 10.3. The Bertz CT molecular complexity index is 484. The second kappa shape index (κ2) is 7.47. The topological polar surface area (TPSA) is 69.6 Å². The van der Waals surface area contributed by atoms with E-state index in [1.54, 1.807) is 0 Å². The highest BCUT2D eigenvalue weighted by atomic mass is 32.2. The molecule has 0 atom stereocenters. The summed E-state index contributed by atoms with van der Waals surface area (Å²) >= 11 is 0. The monoisotopic (exact) mass is 286 g/mol. The predicted molar refractivity (Wildman–Crippen MR) is 75.7 cm³/mol. The van der Waals surface area contributed by atoms with Gasteiger partial charge in [-0.1, -0.05) is 19.9 Å². The zero-order valence-corrected chi connectivity index (χ0v) is 12.3. The third-order valence-electron chi connectivity index (χ3n) is 2.97. The molecule has 5 nitrogen and oxygen atoms in total. The first-order valence-corrected chi connectivity index (χ1v) is 7.99. The molecule has 2 N–H and O–H groups in total. The van der Waals surface area contributed by atoms with Crippen molar-refractivity contribution in [2.75, 3.05) is 26.2 Å². The fourth-order valence-electron chi connectivity index (χ4n) is 1.78. The number of phenols is 1. The van der Waals surface area contributed by atoms with E-state index in [9.17, 15) is 13.5 Å². The largest absolute Gasteiger partial charge is 0.508 e. The summed E-state index contributed by atoms with van der Waals surface area (Å²) in [5.41, 5.74) is 0. The number of nitrogens with one attached hydrogen (secondary N) is 1. The van der Waals surface area contributed by atoms with Crippen molar-refractivity contribution in [3.05, 3.63) is 24.3 Å². The number of phenolic OH excluding ortho intramolecular Hbond substituents is 1.